The normalized spacial score (nSPS) is 31.5. The molecule has 0 unspecified atom stereocenters. The van der Waals surface area contributed by atoms with Gasteiger partial charge in [-0.25, -0.2) is 0 Å². The fraction of sp³-hybridized carbons (Fsp3) is 0.731. The summed E-state index contributed by atoms with van der Waals surface area (Å²) < 4.78 is 54.0. The summed E-state index contributed by atoms with van der Waals surface area (Å²) in [7, 11) is 0. The molecule has 0 aliphatic carbocycles. The second-order valence-corrected chi connectivity index (χ2v) is 9.69. The van der Waals surface area contributed by atoms with Crippen LogP contribution >= 0.6 is 0 Å². The largest absolute Gasteiger partial charge is 0.463 e. The van der Waals surface area contributed by atoms with Crippen LogP contribution in [0, 0.1) is 0 Å². The molecular formula is C26H36O18. The average molecular weight is 637 g/mol. The Hall–Kier alpha value is -3.87. The van der Waals surface area contributed by atoms with Crippen LogP contribution < -0.4 is 0 Å². The van der Waals surface area contributed by atoms with E-state index in [0.717, 1.165) is 48.5 Å². The van der Waals surface area contributed by atoms with Crippen LogP contribution in [0.3, 0.4) is 0 Å². The first kappa shape index (κ1) is 36.3. The van der Waals surface area contributed by atoms with Crippen LogP contribution in [0.1, 0.15) is 48.5 Å². The molecule has 44 heavy (non-hydrogen) atoms. The van der Waals surface area contributed by atoms with Gasteiger partial charge in [0.1, 0.15) is 31.5 Å². The molecule has 2 heterocycles. The Morgan fingerprint density at radius 1 is 0.477 bits per heavy atom. The van der Waals surface area contributed by atoms with E-state index in [1.807, 2.05) is 0 Å². The maximum absolute atomic E-state index is 12.2. The fourth-order valence-electron chi connectivity index (χ4n) is 4.43. The van der Waals surface area contributed by atoms with E-state index in [1.165, 1.54) is 0 Å². The Balaban J connectivity index is 2.63. The number of carbonyl (C=O) groups is 7. The molecule has 0 bridgehead atoms. The molecule has 1 N–H and O–H groups in total. The molecule has 0 spiro atoms. The summed E-state index contributed by atoms with van der Waals surface area (Å²) in [5.41, 5.74) is 0. The lowest BCUT2D eigenvalue weighted by Crippen LogP contribution is -2.67. The van der Waals surface area contributed by atoms with Gasteiger partial charge in [0.2, 0.25) is 6.29 Å². The zero-order chi connectivity index (χ0) is 33.3. The minimum Gasteiger partial charge on any atom is -0.463 e. The molecule has 2 rings (SSSR count). The van der Waals surface area contributed by atoms with Gasteiger partial charge in [-0.05, 0) is 0 Å². The van der Waals surface area contributed by atoms with Crippen molar-refractivity contribution in [3.8, 4) is 0 Å². The monoisotopic (exact) mass is 636 g/mol. The number of aliphatic hydroxyl groups is 1. The number of carbonyl (C=O) groups excluding carboxylic acids is 7. The van der Waals surface area contributed by atoms with E-state index in [0.29, 0.717) is 0 Å². The highest BCUT2D eigenvalue weighted by Gasteiger charge is 2.57. The third-order valence-corrected chi connectivity index (χ3v) is 5.89. The molecule has 2 saturated heterocycles. The summed E-state index contributed by atoms with van der Waals surface area (Å²) in [4.78, 5) is 83.2. The van der Waals surface area contributed by atoms with Gasteiger partial charge in [-0.15, -0.1) is 0 Å². The first-order valence-corrected chi connectivity index (χ1v) is 13.3. The second kappa shape index (κ2) is 16.3. The summed E-state index contributed by atoms with van der Waals surface area (Å²) in [6.45, 7) is 6.12. The van der Waals surface area contributed by atoms with Crippen LogP contribution in [0.2, 0.25) is 0 Å². The van der Waals surface area contributed by atoms with E-state index in [9.17, 15) is 38.7 Å². The second-order valence-electron chi connectivity index (χ2n) is 9.69. The minimum atomic E-state index is -1.87. The number of esters is 7. The lowest BCUT2D eigenvalue weighted by atomic mass is 9.96. The van der Waals surface area contributed by atoms with E-state index >= 15 is 0 Å². The Bertz CT molecular complexity index is 1090. The van der Waals surface area contributed by atoms with Gasteiger partial charge in [0.15, 0.2) is 36.8 Å². The molecule has 0 aromatic carbocycles. The third kappa shape index (κ3) is 10.7. The molecule has 2 aliphatic rings. The first-order valence-electron chi connectivity index (χ1n) is 13.3. The van der Waals surface area contributed by atoms with Gasteiger partial charge in [0, 0.05) is 48.5 Å². The van der Waals surface area contributed by atoms with E-state index < -0.39 is 116 Å². The number of rotatable bonds is 11. The van der Waals surface area contributed by atoms with E-state index in [-0.39, 0.29) is 0 Å². The van der Waals surface area contributed by atoms with Crippen molar-refractivity contribution >= 4 is 41.8 Å². The van der Waals surface area contributed by atoms with Gasteiger partial charge in [-0.2, -0.15) is 0 Å². The Morgan fingerprint density at radius 3 is 1.32 bits per heavy atom. The quantitative estimate of drug-likeness (QED) is 0.203. The summed E-state index contributed by atoms with van der Waals surface area (Å²) in [6, 6.07) is 0. The average Bonchev–Trinajstić information content (AvgIpc) is 2.87. The van der Waals surface area contributed by atoms with Crippen molar-refractivity contribution in [3.05, 3.63) is 0 Å². The van der Waals surface area contributed by atoms with Gasteiger partial charge in [0.05, 0.1) is 0 Å². The summed E-state index contributed by atoms with van der Waals surface area (Å²) in [6.07, 6.45) is -16.3. The number of hydrogen-bond acceptors (Lipinski definition) is 18. The highest BCUT2D eigenvalue weighted by molar-refractivity contribution is 5.69. The molecule has 0 aromatic heterocycles. The van der Waals surface area contributed by atoms with Gasteiger partial charge in [0.25, 0.3) is 0 Å². The molecule has 0 saturated carbocycles. The summed E-state index contributed by atoms with van der Waals surface area (Å²) >= 11 is 0. The Labute approximate surface area is 251 Å². The van der Waals surface area contributed by atoms with E-state index in [1.54, 1.807) is 0 Å². The highest BCUT2D eigenvalue weighted by Crippen LogP contribution is 2.34. The molecule has 18 nitrogen and oxygen atoms in total. The third-order valence-electron chi connectivity index (χ3n) is 5.89. The highest BCUT2D eigenvalue weighted by atomic mass is 16.8. The first-order chi connectivity index (χ1) is 20.5. The molecule has 0 aromatic rings. The number of aliphatic hydroxyl groups excluding tert-OH is 1. The van der Waals surface area contributed by atoms with Crippen LogP contribution in [0.4, 0.5) is 0 Å². The summed E-state index contributed by atoms with van der Waals surface area (Å²) in [5, 5.41) is 11.0. The van der Waals surface area contributed by atoms with Crippen molar-refractivity contribution in [1.29, 1.82) is 0 Å². The van der Waals surface area contributed by atoms with Crippen LogP contribution in [0.25, 0.3) is 0 Å². The van der Waals surface area contributed by atoms with E-state index in [4.69, 9.17) is 47.4 Å². The van der Waals surface area contributed by atoms with Crippen LogP contribution in [0.5, 0.6) is 0 Å². The van der Waals surface area contributed by atoms with Crippen LogP contribution in [-0.4, -0.2) is 122 Å². The topological polar surface area (TPSA) is 232 Å². The predicted octanol–water partition coefficient (Wildman–Crippen LogP) is -1.40. The molecule has 18 heteroatoms. The lowest BCUT2D eigenvalue weighted by molar-refractivity contribution is -0.357. The molecule has 10 atom stereocenters. The predicted molar refractivity (Wildman–Crippen MR) is 135 cm³/mol. The van der Waals surface area contributed by atoms with Crippen molar-refractivity contribution in [2.24, 2.45) is 0 Å². The maximum atomic E-state index is 12.2. The van der Waals surface area contributed by atoms with Gasteiger partial charge in [-0.1, -0.05) is 0 Å². The van der Waals surface area contributed by atoms with Crippen molar-refractivity contribution in [3.63, 3.8) is 0 Å². The van der Waals surface area contributed by atoms with Crippen molar-refractivity contribution in [2.75, 3.05) is 13.2 Å². The molecule has 0 amide bonds. The van der Waals surface area contributed by atoms with Crippen molar-refractivity contribution < 1.29 is 86.0 Å². The van der Waals surface area contributed by atoms with Crippen LogP contribution in [-0.2, 0) is 80.9 Å². The smallest absolute Gasteiger partial charge is 0.305 e. The Morgan fingerprint density at radius 2 is 0.864 bits per heavy atom. The number of hydrogen-bond donors (Lipinski definition) is 1. The summed E-state index contributed by atoms with van der Waals surface area (Å²) in [5.74, 6) is -6.00. The zero-order valence-electron chi connectivity index (χ0n) is 25.1. The van der Waals surface area contributed by atoms with Gasteiger partial charge in [-0.3, -0.25) is 33.6 Å². The molecular weight excluding hydrogens is 600 g/mol. The van der Waals surface area contributed by atoms with Gasteiger partial charge >= 0.3 is 41.8 Å². The lowest BCUT2D eigenvalue weighted by Gasteiger charge is -2.48. The van der Waals surface area contributed by atoms with Crippen molar-refractivity contribution in [1.82, 2.24) is 0 Å². The van der Waals surface area contributed by atoms with E-state index in [2.05, 4.69) is 0 Å². The molecule has 0 radical (unpaired) electrons. The standard InChI is InChI=1S/C26H36O18/c1-10(27)35-8-17-20(22(38-13(4)30)19(34)25(42-17)41-16(7)33)44-26-24(40-15(6)32)23(39-14(5)31)21(37-12(3)29)18(43-26)9-36-11(2)28/h17-26,34H,8-9H2,1-7H3/t17-,18-,19+,20-,21-,22-,23+,24-,25-,26+/m1/s1. The zero-order valence-corrected chi connectivity index (χ0v) is 25.1. The Kier molecular flexibility index (Phi) is 13.4. The minimum absolute atomic E-state index is 0.569. The molecule has 248 valence electrons. The van der Waals surface area contributed by atoms with Crippen LogP contribution in [0.15, 0.2) is 0 Å². The van der Waals surface area contributed by atoms with Gasteiger partial charge < -0.3 is 52.5 Å². The fourth-order valence-corrected chi connectivity index (χ4v) is 4.43. The maximum Gasteiger partial charge on any atom is 0.305 e. The van der Waals surface area contributed by atoms with Crippen molar-refractivity contribution in [2.45, 2.75) is 110 Å². The molecule has 2 fully saturated rings. The SMILES string of the molecule is CC(=O)OC[C@H]1O[C@@H](O[C@H]2[C@H](OC(C)=O)[C@H](O)[C@H](OC(C)=O)O[C@@H]2COC(C)=O)[C@H](OC(C)=O)[C@@H](OC(C)=O)[C@@H]1OC(C)=O. The number of ether oxygens (including phenoxy) is 10. The molecule has 2 aliphatic heterocycles.